The molecule has 0 radical (unpaired) electrons. The molecule has 0 aliphatic heterocycles. The number of nitrogens with zero attached hydrogens (tertiary/aromatic N) is 4. The number of amides is 1. The lowest BCUT2D eigenvalue weighted by atomic mass is 10.2. The summed E-state index contributed by atoms with van der Waals surface area (Å²) in [7, 11) is 0. The highest BCUT2D eigenvalue weighted by Crippen LogP contribution is 2.22. The number of hydrogen-bond acceptors (Lipinski definition) is 5. The summed E-state index contributed by atoms with van der Waals surface area (Å²) >= 11 is 0. The minimum absolute atomic E-state index is 0.229. The number of halogens is 1. The predicted molar refractivity (Wildman–Crippen MR) is 103 cm³/mol. The van der Waals surface area contributed by atoms with Crippen molar-refractivity contribution in [1.29, 1.82) is 0 Å². The Labute approximate surface area is 165 Å². The van der Waals surface area contributed by atoms with Gasteiger partial charge >= 0.3 is 0 Å². The zero-order valence-corrected chi connectivity index (χ0v) is 15.2. The number of pyridine rings is 1. The standard InChI is InChI=1S/C21H16FN5O2/c22-16-4-6-19(7-5-16)29-20-3-1-2-15(12-20)21(28)24-13-17-14-27(26-25-17)18-8-10-23-11-9-18/h1-12,14H,13H2,(H,24,28). The van der Waals surface area contributed by atoms with Gasteiger partial charge in [-0.05, 0) is 54.6 Å². The van der Waals surface area contributed by atoms with Crippen LogP contribution in [-0.4, -0.2) is 25.9 Å². The zero-order chi connectivity index (χ0) is 20.1. The quantitative estimate of drug-likeness (QED) is 0.546. The van der Waals surface area contributed by atoms with Crippen LogP contribution in [-0.2, 0) is 6.54 Å². The van der Waals surface area contributed by atoms with Gasteiger partial charge in [0.05, 0.1) is 18.4 Å². The van der Waals surface area contributed by atoms with E-state index in [1.54, 1.807) is 47.5 Å². The summed E-state index contributed by atoms with van der Waals surface area (Å²) in [6.07, 6.45) is 5.07. The average Bonchev–Trinajstić information content (AvgIpc) is 3.24. The van der Waals surface area contributed by atoms with Crippen molar-refractivity contribution in [2.24, 2.45) is 0 Å². The van der Waals surface area contributed by atoms with E-state index >= 15 is 0 Å². The van der Waals surface area contributed by atoms with Crippen molar-refractivity contribution in [3.8, 4) is 17.2 Å². The molecule has 29 heavy (non-hydrogen) atoms. The van der Waals surface area contributed by atoms with Crippen molar-refractivity contribution in [2.45, 2.75) is 6.54 Å². The fourth-order valence-electron chi connectivity index (χ4n) is 2.61. The number of carbonyl (C=O) groups is 1. The summed E-state index contributed by atoms with van der Waals surface area (Å²) in [4.78, 5) is 16.4. The van der Waals surface area contributed by atoms with E-state index in [1.165, 1.54) is 24.3 Å². The zero-order valence-electron chi connectivity index (χ0n) is 15.2. The van der Waals surface area contributed by atoms with Crippen LogP contribution in [0.1, 0.15) is 16.1 Å². The molecule has 0 fully saturated rings. The van der Waals surface area contributed by atoms with Crippen LogP contribution in [0.3, 0.4) is 0 Å². The SMILES string of the molecule is O=C(NCc1cn(-c2ccncc2)nn1)c1cccc(Oc2ccc(F)cc2)c1. The van der Waals surface area contributed by atoms with E-state index in [0.717, 1.165) is 5.69 Å². The Balaban J connectivity index is 1.39. The summed E-state index contributed by atoms with van der Waals surface area (Å²) in [5.41, 5.74) is 1.88. The molecular formula is C21H16FN5O2. The maximum Gasteiger partial charge on any atom is 0.251 e. The topological polar surface area (TPSA) is 81.9 Å². The number of nitrogens with one attached hydrogen (secondary N) is 1. The third-order valence-corrected chi connectivity index (χ3v) is 4.04. The highest BCUT2D eigenvalue weighted by molar-refractivity contribution is 5.94. The van der Waals surface area contributed by atoms with Crippen molar-refractivity contribution >= 4 is 5.91 Å². The minimum Gasteiger partial charge on any atom is -0.457 e. The molecule has 144 valence electrons. The van der Waals surface area contributed by atoms with Crippen LogP contribution in [0.5, 0.6) is 11.5 Å². The van der Waals surface area contributed by atoms with Gasteiger partial charge in [0.2, 0.25) is 0 Å². The van der Waals surface area contributed by atoms with Gasteiger partial charge in [0.1, 0.15) is 23.0 Å². The van der Waals surface area contributed by atoms with Gasteiger partial charge in [0.25, 0.3) is 5.91 Å². The summed E-state index contributed by atoms with van der Waals surface area (Å²) in [5.74, 6) is 0.351. The van der Waals surface area contributed by atoms with E-state index < -0.39 is 0 Å². The predicted octanol–water partition coefficient (Wildman–Crippen LogP) is 3.52. The monoisotopic (exact) mass is 389 g/mol. The molecule has 1 N–H and O–H groups in total. The van der Waals surface area contributed by atoms with E-state index in [0.29, 0.717) is 22.8 Å². The fourth-order valence-corrected chi connectivity index (χ4v) is 2.61. The number of ether oxygens (including phenoxy) is 1. The second-order valence-electron chi connectivity index (χ2n) is 6.13. The van der Waals surface area contributed by atoms with Gasteiger partial charge in [-0.2, -0.15) is 0 Å². The number of aromatic nitrogens is 4. The molecule has 4 rings (SSSR count). The smallest absolute Gasteiger partial charge is 0.251 e. The first kappa shape index (κ1) is 18.3. The van der Waals surface area contributed by atoms with Gasteiger partial charge in [-0.15, -0.1) is 5.10 Å². The molecule has 0 bridgehead atoms. The molecule has 0 aliphatic carbocycles. The molecule has 2 heterocycles. The Bertz CT molecular complexity index is 1110. The van der Waals surface area contributed by atoms with Crippen LogP contribution in [0, 0.1) is 5.82 Å². The largest absolute Gasteiger partial charge is 0.457 e. The summed E-state index contributed by atoms with van der Waals surface area (Å²) in [6.45, 7) is 0.229. The first-order valence-corrected chi connectivity index (χ1v) is 8.81. The van der Waals surface area contributed by atoms with Crippen LogP contribution < -0.4 is 10.1 Å². The number of benzene rings is 2. The molecule has 8 heteroatoms. The van der Waals surface area contributed by atoms with Gasteiger partial charge in [-0.1, -0.05) is 11.3 Å². The van der Waals surface area contributed by atoms with Crippen LogP contribution in [0.25, 0.3) is 5.69 Å². The van der Waals surface area contributed by atoms with E-state index in [4.69, 9.17) is 4.74 Å². The molecule has 1 amide bonds. The number of carbonyl (C=O) groups excluding carboxylic acids is 1. The highest BCUT2D eigenvalue weighted by Gasteiger charge is 2.09. The molecule has 0 unspecified atom stereocenters. The normalized spacial score (nSPS) is 10.5. The lowest BCUT2D eigenvalue weighted by molar-refractivity contribution is 0.0950. The van der Waals surface area contributed by atoms with E-state index in [-0.39, 0.29) is 18.3 Å². The van der Waals surface area contributed by atoms with E-state index in [2.05, 4.69) is 20.6 Å². The van der Waals surface area contributed by atoms with E-state index in [9.17, 15) is 9.18 Å². The summed E-state index contributed by atoms with van der Waals surface area (Å²) in [6, 6.07) is 16.0. The highest BCUT2D eigenvalue weighted by atomic mass is 19.1. The maximum absolute atomic E-state index is 13.0. The molecule has 2 aromatic heterocycles. The lowest BCUT2D eigenvalue weighted by Crippen LogP contribution is -2.22. The number of rotatable bonds is 6. The van der Waals surface area contributed by atoms with Crippen molar-refractivity contribution in [3.63, 3.8) is 0 Å². The van der Waals surface area contributed by atoms with Gasteiger partial charge in [0, 0.05) is 18.0 Å². The summed E-state index contributed by atoms with van der Waals surface area (Å²) < 4.78 is 20.3. The molecular weight excluding hydrogens is 373 g/mol. The molecule has 0 saturated heterocycles. The summed E-state index contributed by atoms with van der Waals surface area (Å²) in [5, 5.41) is 10.9. The van der Waals surface area contributed by atoms with Gasteiger partial charge < -0.3 is 10.1 Å². The minimum atomic E-state index is -0.341. The second kappa shape index (κ2) is 8.30. The van der Waals surface area contributed by atoms with Crippen molar-refractivity contribution in [3.05, 3.63) is 96.3 Å². The van der Waals surface area contributed by atoms with Crippen LogP contribution in [0.15, 0.2) is 79.3 Å². The third kappa shape index (κ3) is 4.62. The first-order chi connectivity index (χ1) is 14.2. The van der Waals surface area contributed by atoms with Crippen molar-refractivity contribution in [2.75, 3.05) is 0 Å². The van der Waals surface area contributed by atoms with Crippen LogP contribution in [0.4, 0.5) is 4.39 Å². The van der Waals surface area contributed by atoms with Crippen LogP contribution >= 0.6 is 0 Å². The molecule has 7 nitrogen and oxygen atoms in total. The fraction of sp³-hybridized carbons (Fsp3) is 0.0476. The Hall–Kier alpha value is -4.07. The second-order valence-corrected chi connectivity index (χ2v) is 6.13. The van der Waals surface area contributed by atoms with Gasteiger partial charge in [0.15, 0.2) is 0 Å². The Kier molecular flexibility index (Phi) is 5.24. The van der Waals surface area contributed by atoms with Crippen molar-refractivity contribution < 1.29 is 13.9 Å². The molecule has 4 aromatic rings. The third-order valence-electron chi connectivity index (χ3n) is 4.04. The molecule has 0 saturated carbocycles. The average molecular weight is 389 g/mol. The van der Waals surface area contributed by atoms with Crippen molar-refractivity contribution in [1.82, 2.24) is 25.3 Å². The first-order valence-electron chi connectivity index (χ1n) is 8.81. The Morgan fingerprint density at radius 3 is 2.62 bits per heavy atom. The van der Waals surface area contributed by atoms with E-state index in [1.807, 2.05) is 12.1 Å². The molecule has 0 atom stereocenters. The molecule has 0 spiro atoms. The van der Waals surface area contributed by atoms with Gasteiger partial charge in [-0.3, -0.25) is 9.78 Å². The van der Waals surface area contributed by atoms with Crippen LogP contribution in [0.2, 0.25) is 0 Å². The van der Waals surface area contributed by atoms with Gasteiger partial charge in [-0.25, -0.2) is 9.07 Å². The Morgan fingerprint density at radius 1 is 1.03 bits per heavy atom. The Morgan fingerprint density at radius 2 is 1.83 bits per heavy atom. The maximum atomic E-state index is 13.0. The molecule has 0 aliphatic rings. The molecule has 2 aromatic carbocycles. The lowest BCUT2D eigenvalue weighted by Gasteiger charge is -2.08. The number of hydrogen-bond donors (Lipinski definition) is 1.